The van der Waals surface area contributed by atoms with Crippen LogP contribution in [0.1, 0.15) is 56.3 Å². The summed E-state index contributed by atoms with van der Waals surface area (Å²) >= 11 is 6.16. The van der Waals surface area contributed by atoms with Crippen LogP contribution in [0.2, 0.25) is 5.15 Å². The third-order valence-electron chi connectivity index (χ3n) is 3.71. The van der Waals surface area contributed by atoms with Gasteiger partial charge in [-0.3, -0.25) is 0 Å². The van der Waals surface area contributed by atoms with Gasteiger partial charge in [0.05, 0.1) is 11.4 Å². The van der Waals surface area contributed by atoms with Crippen molar-refractivity contribution < 1.29 is 0 Å². The molecule has 0 aromatic carbocycles. The van der Waals surface area contributed by atoms with E-state index in [0.29, 0.717) is 11.2 Å². The first kappa shape index (κ1) is 13.6. The lowest BCUT2D eigenvalue weighted by Gasteiger charge is -2.22. The van der Waals surface area contributed by atoms with Gasteiger partial charge < -0.3 is 5.32 Å². The Morgan fingerprint density at radius 2 is 1.50 bits per heavy atom. The van der Waals surface area contributed by atoms with Crippen LogP contribution in [0, 0.1) is 13.8 Å². The second-order valence-corrected chi connectivity index (χ2v) is 5.58. The highest BCUT2D eigenvalue weighted by Crippen LogP contribution is 2.24. The lowest BCUT2D eigenvalue weighted by atomic mass is 9.97. The van der Waals surface area contributed by atoms with Crippen LogP contribution < -0.4 is 5.32 Å². The van der Waals surface area contributed by atoms with Crippen LogP contribution in [-0.4, -0.2) is 16.0 Å². The number of halogens is 1. The van der Waals surface area contributed by atoms with Crippen molar-refractivity contribution in [3.63, 3.8) is 0 Å². The number of hydrogen-bond donors (Lipinski definition) is 1. The fourth-order valence-electron chi connectivity index (χ4n) is 2.46. The Morgan fingerprint density at radius 1 is 0.944 bits per heavy atom. The van der Waals surface area contributed by atoms with E-state index in [4.69, 9.17) is 11.6 Å². The Kier molecular flexibility index (Phi) is 4.81. The Hall–Kier alpha value is -0.830. The van der Waals surface area contributed by atoms with Crippen molar-refractivity contribution in [1.82, 2.24) is 9.97 Å². The van der Waals surface area contributed by atoms with Crippen LogP contribution in [0.5, 0.6) is 0 Å². The number of aromatic nitrogens is 2. The average Bonchev–Trinajstić information content (AvgIpc) is 2.29. The highest BCUT2D eigenvalue weighted by atomic mass is 35.5. The van der Waals surface area contributed by atoms with Gasteiger partial charge in [0.2, 0.25) is 0 Å². The molecule has 1 aromatic heterocycles. The zero-order valence-corrected chi connectivity index (χ0v) is 12.1. The van der Waals surface area contributed by atoms with Gasteiger partial charge in [-0.1, -0.05) is 43.7 Å². The van der Waals surface area contributed by atoms with Crippen molar-refractivity contribution in [3.05, 3.63) is 16.5 Å². The molecule has 1 aromatic rings. The summed E-state index contributed by atoms with van der Waals surface area (Å²) in [6, 6.07) is 0.499. The van der Waals surface area contributed by atoms with E-state index < -0.39 is 0 Å². The third kappa shape index (κ3) is 3.58. The zero-order valence-electron chi connectivity index (χ0n) is 11.3. The normalized spacial score (nSPS) is 18.2. The standard InChI is InChI=1S/C14H22ClN3/c1-10-11(2)17-14(13(15)16-10)18-12-8-6-4-3-5-7-9-12/h12H,3-9H2,1-2H3,(H,17,18). The molecule has 18 heavy (non-hydrogen) atoms. The van der Waals surface area contributed by atoms with E-state index in [1.165, 1.54) is 44.9 Å². The summed E-state index contributed by atoms with van der Waals surface area (Å²) in [5.74, 6) is 0.755. The molecule has 0 atom stereocenters. The number of nitrogens with zero attached hydrogens (tertiary/aromatic N) is 2. The molecule has 3 nitrogen and oxygen atoms in total. The number of hydrogen-bond acceptors (Lipinski definition) is 3. The molecule has 1 saturated carbocycles. The number of rotatable bonds is 2. The van der Waals surface area contributed by atoms with E-state index in [0.717, 1.165) is 17.2 Å². The summed E-state index contributed by atoms with van der Waals surface area (Å²) in [7, 11) is 0. The minimum Gasteiger partial charge on any atom is -0.365 e. The van der Waals surface area contributed by atoms with E-state index >= 15 is 0 Å². The maximum Gasteiger partial charge on any atom is 0.171 e. The van der Waals surface area contributed by atoms with Gasteiger partial charge in [0.1, 0.15) is 0 Å². The molecule has 0 unspecified atom stereocenters. The molecule has 100 valence electrons. The van der Waals surface area contributed by atoms with Crippen LogP contribution in [0.4, 0.5) is 5.82 Å². The molecule has 1 fully saturated rings. The summed E-state index contributed by atoms with van der Waals surface area (Å²) in [5, 5.41) is 3.98. The summed E-state index contributed by atoms with van der Waals surface area (Å²) in [6.45, 7) is 3.91. The first-order valence-corrected chi connectivity index (χ1v) is 7.32. The Morgan fingerprint density at radius 3 is 2.17 bits per heavy atom. The van der Waals surface area contributed by atoms with E-state index in [-0.39, 0.29) is 0 Å². The van der Waals surface area contributed by atoms with Crippen molar-refractivity contribution in [3.8, 4) is 0 Å². The van der Waals surface area contributed by atoms with Crippen LogP contribution >= 0.6 is 11.6 Å². The third-order valence-corrected chi connectivity index (χ3v) is 3.97. The van der Waals surface area contributed by atoms with Gasteiger partial charge in [-0.05, 0) is 26.7 Å². The van der Waals surface area contributed by atoms with Gasteiger partial charge in [0.25, 0.3) is 0 Å². The van der Waals surface area contributed by atoms with Crippen molar-refractivity contribution in [2.45, 2.75) is 64.8 Å². The van der Waals surface area contributed by atoms with E-state index in [1.807, 2.05) is 13.8 Å². The largest absolute Gasteiger partial charge is 0.365 e. The summed E-state index contributed by atoms with van der Waals surface area (Å²) < 4.78 is 0. The predicted molar refractivity (Wildman–Crippen MR) is 76.2 cm³/mol. The van der Waals surface area contributed by atoms with E-state index in [9.17, 15) is 0 Å². The monoisotopic (exact) mass is 267 g/mol. The smallest absolute Gasteiger partial charge is 0.171 e. The zero-order chi connectivity index (χ0) is 13.0. The quantitative estimate of drug-likeness (QED) is 0.869. The molecule has 0 amide bonds. The average molecular weight is 268 g/mol. The topological polar surface area (TPSA) is 37.8 Å². The van der Waals surface area contributed by atoms with Crippen molar-refractivity contribution in [2.75, 3.05) is 5.32 Å². The molecule has 0 aliphatic heterocycles. The Labute approximate surface area is 114 Å². The second-order valence-electron chi connectivity index (χ2n) is 5.22. The van der Waals surface area contributed by atoms with Crippen LogP contribution in [0.3, 0.4) is 0 Å². The molecular weight excluding hydrogens is 246 g/mol. The van der Waals surface area contributed by atoms with Crippen LogP contribution in [0.25, 0.3) is 0 Å². The van der Waals surface area contributed by atoms with Crippen molar-refractivity contribution >= 4 is 17.4 Å². The molecular formula is C14H22ClN3. The molecule has 1 heterocycles. The first-order valence-electron chi connectivity index (χ1n) is 6.94. The summed E-state index contributed by atoms with van der Waals surface area (Å²) in [5.41, 5.74) is 1.86. The molecule has 4 heteroatoms. The van der Waals surface area contributed by atoms with Gasteiger partial charge >= 0.3 is 0 Å². The minimum atomic E-state index is 0.499. The van der Waals surface area contributed by atoms with Crippen molar-refractivity contribution in [1.29, 1.82) is 0 Å². The Bertz CT molecular complexity index is 398. The lowest BCUT2D eigenvalue weighted by molar-refractivity contribution is 0.470. The molecule has 2 rings (SSSR count). The second kappa shape index (κ2) is 6.37. The van der Waals surface area contributed by atoms with Gasteiger partial charge in [-0.2, -0.15) is 0 Å². The number of anilines is 1. The molecule has 0 radical (unpaired) electrons. The van der Waals surface area contributed by atoms with E-state index in [2.05, 4.69) is 15.3 Å². The molecule has 1 aliphatic rings. The van der Waals surface area contributed by atoms with Gasteiger partial charge in [0, 0.05) is 6.04 Å². The first-order chi connectivity index (χ1) is 8.66. The Balaban J connectivity index is 2.05. The summed E-state index contributed by atoms with van der Waals surface area (Å²) in [6.07, 6.45) is 9.11. The molecule has 0 saturated heterocycles. The number of nitrogens with one attached hydrogen (secondary N) is 1. The minimum absolute atomic E-state index is 0.499. The van der Waals surface area contributed by atoms with E-state index in [1.54, 1.807) is 0 Å². The van der Waals surface area contributed by atoms with Gasteiger partial charge in [0.15, 0.2) is 11.0 Å². The van der Waals surface area contributed by atoms with Crippen LogP contribution in [-0.2, 0) is 0 Å². The molecule has 1 N–H and O–H groups in total. The molecule has 1 aliphatic carbocycles. The predicted octanol–water partition coefficient (Wildman–Crippen LogP) is 4.27. The lowest BCUT2D eigenvalue weighted by Crippen LogP contribution is -2.22. The highest BCUT2D eigenvalue weighted by Gasteiger charge is 2.14. The highest BCUT2D eigenvalue weighted by molar-refractivity contribution is 6.31. The number of aryl methyl sites for hydroxylation is 2. The van der Waals surface area contributed by atoms with Gasteiger partial charge in [-0.15, -0.1) is 0 Å². The maximum absolute atomic E-state index is 6.16. The van der Waals surface area contributed by atoms with Crippen LogP contribution in [0.15, 0.2) is 0 Å². The maximum atomic E-state index is 6.16. The molecule has 0 spiro atoms. The van der Waals surface area contributed by atoms with Crippen molar-refractivity contribution in [2.24, 2.45) is 0 Å². The van der Waals surface area contributed by atoms with Gasteiger partial charge in [-0.25, -0.2) is 9.97 Å². The fraction of sp³-hybridized carbons (Fsp3) is 0.714. The SMILES string of the molecule is Cc1nc(Cl)c(NC2CCCCCCC2)nc1C. The summed E-state index contributed by atoms with van der Waals surface area (Å²) in [4.78, 5) is 8.84. The fourth-order valence-corrected chi connectivity index (χ4v) is 2.69. The molecule has 0 bridgehead atoms.